The lowest BCUT2D eigenvalue weighted by molar-refractivity contribution is -0.404. The lowest BCUT2D eigenvalue weighted by Crippen LogP contribution is -2.26. The van der Waals surface area contributed by atoms with Gasteiger partial charge in [-0.1, -0.05) is 0 Å². The van der Waals surface area contributed by atoms with Crippen molar-refractivity contribution in [2.75, 3.05) is 19.3 Å². The highest BCUT2D eigenvalue weighted by Crippen LogP contribution is 2.15. The van der Waals surface area contributed by atoms with Gasteiger partial charge in [-0.15, -0.1) is 28.3 Å². The van der Waals surface area contributed by atoms with Crippen molar-refractivity contribution in [1.29, 1.82) is 0 Å². The van der Waals surface area contributed by atoms with Crippen molar-refractivity contribution in [3.05, 3.63) is 38.2 Å². The highest BCUT2D eigenvalue weighted by Gasteiger charge is 2.02. The van der Waals surface area contributed by atoms with Crippen molar-refractivity contribution in [1.82, 2.24) is 15.6 Å². The van der Waals surface area contributed by atoms with E-state index in [0.29, 0.717) is 18.9 Å². The third-order valence-electron chi connectivity index (χ3n) is 2.09. The predicted molar refractivity (Wildman–Crippen MR) is 88.6 cm³/mol. The highest BCUT2D eigenvalue weighted by atomic mass is 79.9. The standard InChI is InChI=1S/C10H17N5O2S2.BrH/c1-12-9(5-15(16)17)13-2-3-18-6-8-7-19-10(4-11)14-8;/h5,7,12-13H,2-4,6,11H2,1H3;1H. The minimum absolute atomic E-state index is 0. The molecule has 0 saturated heterocycles. The maximum absolute atomic E-state index is 10.3. The van der Waals surface area contributed by atoms with Gasteiger partial charge in [0, 0.05) is 37.0 Å². The molecule has 114 valence electrons. The molecule has 0 aliphatic heterocycles. The number of nitrogens with zero attached hydrogens (tertiary/aromatic N) is 2. The van der Waals surface area contributed by atoms with Crippen molar-refractivity contribution in [2.24, 2.45) is 5.73 Å². The van der Waals surface area contributed by atoms with Crippen LogP contribution in [0.5, 0.6) is 0 Å². The minimum Gasteiger partial charge on any atom is -0.370 e. The summed E-state index contributed by atoms with van der Waals surface area (Å²) in [5.41, 5.74) is 6.52. The van der Waals surface area contributed by atoms with Crippen molar-refractivity contribution in [2.45, 2.75) is 12.3 Å². The maximum atomic E-state index is 10.3. The number of rotatable bonds is 9. The van der Waals surface area contributed by atoms with Crippen LogP contribution in [0.4, 0.5) is 0 Å². The molecule has 0 bridgehead atoms. The first-order valence-electron chi connectivity index (χ1n) is 5.63. The van der Waals surface area contributed by atoms with Crippen LogP contribution in [0, 0.1) is 10.1 Å². The van der Waals surface area contributed by atoms with Crippen LogP contribution >= 0.6 is 40.1 Å². The van der Waals surface area contributed by atoms with Gasteiger partial charge in [0.1, 0.15) is 5.01 Å². The Bertz CT molecular complexity index is 441. The van der Waals surface area contributed by atoms with Gasteiger partial charge >= 0.3 is 0 Å². The highest BCUT2D eigenvalue weighted by molar-refractivity contribution is 8.93. The van der Waals surface area contributed by atoms with Crippen LogP contribution in [0.2, 0.25) is 0 Å². The molecule has 1 rings (SSSR count). The Morgan fingerprint density at radius 1 is 1.70 bits per heavy atom. The number of thioether (sulfide) groups is 1. The molecule has 0 radical (unpaired) electrons. The van der Waals surface area contributed by atoms with Gasteiger partial charge in [0.15, 0.2) is 5.82 Å². The van der Waals surface area contributed by atoms with E-state index in [1.165, 1.54) is 0 Å². The summed E-state index contributed by atoms with van der Waals surface area (Å²) in [6.07, 6.45) is 0.915. The van der Waals surface area contributed by atoms with Gasteiger partial charge in [-0.05, 0) is 0 Å². The number of nitrogens with one attached hydrogen (secondary N) is 2. The van der Waals surface area contributed by atoms with Crippen LogP contribution in [0.1, 0.15) is 10.7 Å². The Morgan fingerprint density at radius 2 is 2.45 bits per heavy atom. The number of hydrogen-bond donors (Lipinski definition) is 3. The second kappa shape index (κ2) is 10.9. The first-order chi connectivity index (χ1) is 9.15. The number of nitro groups is 1. The van der Waals surface area contributed by atoms with E-state index in [9.17, 15) is 10.1 Å². The van der Waals surface area contributed by atoms with E-state index < -0.39 is 4.92 Å². The van der Waals surface area contributed by atoms with Gasteiger partial charge in [0.05, 0.1) is 10.6 Å². The Balaban J connectivity index is 0.00000361. The molecule has 0 spiro atoms. The summed E-state index contributed by atoms with van der Waals surface area (Å²) in [5, 5.41) is 18.9. The van der Waals surface area contributed by atoms with E-state index >= 15 is 0 Å². The van der Waals surface area contributed by atoms with Gasteiger partial charge in [0.25, 0.3) is 6.20 Å². The smallest absolute Gasteiger partial charge is 0.274 e. The number of aromatic nitrogens is 1. The molecule has 0 aliphatic carbocycles. The molecule has 0 fully saturated rings. The quantitative estimate of drug-likeness (QED) is 0.335. The van der Waals surface area contributed by atoms with Crippen LogP contribution in [-0.4, -0.2) is 29.3 Å². The summed E-state index contributed by atoms with van der Waals surface area (Å²) >= 11 is 3.29. The Kier molecular flexibility index (Phi) is 10.4. The molecular formula is C10H18BrN5O2S2. The minimum atomic E-state index is -0.490. The summed E-state index contributed by atoms with van der Waals surface area (Å²) < 4.78 is 0. The van der Waals surface area contributed by atoms with Crippen LogP contribution in [0.25, 0.3) is 0 Å². The monoisotopic (exact) mass is 383 g/mol. The molecule has 0 saturated carbocycles. The average molecular weight is 384 g/mol. The van der Waals surface area contributed by atoms with E-state index in [4.69, 9.17) is 5.73 Å². The number of nitrogens with two attached hydrogens (primary N) is 1. The summed E-state index contributed by atoms with van der Waals surface area (Å²) in [6.45, 7) is 1.13. The molecule has 1 aromatic rings. The normalized spacial score (nSPS) is 10.8. The molecule has 1 aromatic heterocycles. The fraction of sp³-hybridized carbons (Fsp3) is 0.500. The second-order valence-corrected chi connectivity index (χ2v) is 5.54. The van der Waals surface area contributed by atoms with E-state index in [0.717, 1.165) is 28.4 Å². The van der Waals surface area contributed by atoms with Gasteiger partial charge in [-0.2, -0.15) is 11.8 Å². The molecule has 0 amide bonds. The van der Waals surface area contributed by atoms with Crippen LogP contribution in [0.3, 0.4) is 0 Å². The Morgan fingerprint density at radius 3 is 3.00 bits per heavy atom. The molecular weight excluding hydrogens is 366 g/mol. The van der Waals surface area contributed by atoms with E-state index in [1.807, 2.05) is 5.38 Å². The number of hydrogen-bond acceptors (Lipinski definition) is 8. The first kappa shape index (κ1) is 19.2. The summed E-state index contributed by atoms with van der Waals surface area (Å²) in [5.74, 6) is 2.07. The van der Waals surface area contributed by atoms with Crippen molar-refractivity contribution >= 4 is 40.1 Å². The predicted octanol–water partition coefficient (Wildman–Crippen LogP) is 1.30. The summed E-state index contributed by atoms with van der Waals surface area (Å²) in [7, 11) is 1.64. The zero-order valence-corrected chi connectivity index (χ0v) is 14.3. The zero-order valence-electron chi connectivity index (χ0n) is 11.0. The van der Waals surface area contributed by atoms with E-state index in [2.05, 4.69) is 15.6 Å². The van der Waals surface area contributed by atoms with Crippen LogP contribution in [0.15, 0.2) is 17.4 Å². The van der Waals surface area contributed by atoms with Gasteiger partial charge in [-0.25, -0.2) is 4.98 Å². The maximum Gasteiger partial charge on any atom is 0.274 e. The lowest BCUT2D eigenvalue weighted by atomic mass is 10.6. The molecule has 7 nitrogen and oxygen atoms in total. The Hall–Kier alpha value is -0.840. The summed E-state index contributed by atoms with van der Waals surface area (Å²) in [4.78, 5) is 14.2. The topological polar surface area (TPSA) is 106 Å². The third-order valence-corrected chi connectivity index (χ3v) is 4.00. The van der Waals surface area contributed by atoms with Crippen LogP contribution < -0.4 is 16.4 Å². The molecule has 0 aromatic carbocycles. The van der Waals surface area contributed by atoms with Gasteiger partial charge in [0.2, 0.25) is 0 Å². The molecule has 0 unspecified atom stereocenters. The van der Waals surface area contributed by atoms with Crippen LogP contribution in [-0.2, 0) is 12.3 Å². The zero-order chi connectivity index (χ0) is 14.1. The second-order valence-electron chi connectivity index (χ2n) is 3.49. The largest absolute Gasteiger partial charge is 0.370 e. The molecule has 0 aliphatic rings. The molecule has 4 N–H and O–H groups in total. The molecule has 20 heavy (non-hydrogen) atoms. The number of thiazole rings is 1. The molecule has 0 atom stereocenters. The van der Waals surface area contributed by atoms with E-state index in [1.54, 1.807) is 30.1 Å². The fourth-order valence-corrected chi connectivity index (χ4v) is 2.78. The van der Waals surface area contributed by atoms with Gasteiger partial charge in [-0.3, -0.25) is 10.1 Å². The lowest BCUT2D eigenvalue weighted by Gasteiger charge is -2.06. The number of halogens is 1. The van der Waals surface area contributed by atoms with Gasteiger partial charge < -0.3 is 16.4 Å². The van der Waals surface area contributed by atoms with Crippen molar-refractivity contribution < 1.29 is 4.92 Å². The first-order valence-corrected chi connectivity index (χ1v) is 7.67. The molecule has 1 heterocycles. The Labute approximate surface area is 136 Å². The van der Waals surface area contributed by atoms with Crippen molar-refractivity contribution in [3.8, 4) is 0 Å². The van der Waals surface area contributed by atoms with E-state index in [-0.39, 0.29) is 17.0 Å². The average Bonchev–Trinajstić information content (AvgIpc) is 2.84. The van der Waals surface area contributed by atoms with Crippen molar-refractivity contribution in [3.63, 3.8) is 0 Å². The molecule has 10 heteroatoms. The summed E-state index contributed by atoms with van der Waals surface area (Å²) in [6, 6.07) is 0. The fourth-order valence-electron chi connectivity index (χ4n) is 1.25. The third kappa shape index (κ3) is 7.68. The SMILES string of the molecule is Br.CNC(=C[N+](=O)[O-])NCCSCc1csc(CN)n1.